The van der Waals surface area contributed by atoms with E-state index in [0.717, 1.165) is 15.5 Å². The fourth-order valence-electron chi connectivity index (χ4n) is 2.39. The summed E-state index contributed by atoms with van der Waals surface area (Å²) in [6, 6.07) is 11.3. The van der Waals surface area contributed by atoms with Crippen molar-refractivity contribution in [3.8, 4) is 11.5 Å². The first-order chi connectivity index (χ1) is 13.1. The maximum absolute atomic E-state index is 12.0. The highest BCUT2D eigenvalue weighted by Gasteiger charge is 2.11. The highest BCUT2D eigenvalue weighted by molar-refractivity contribution is 9.10. The number of nitrogens with one attached hydrogen (secondary N) is 2. The minimum absolute atomic E-state index is 0.191. The van der Waals surface area contributed by atoms with E-state index in [9.17, 15) is 4.79 Å². The molecule has 0 aliphatic carbocycles. The van der Waals surface area contributed by atoms with Gasteiger partial charge >= 0.3 is 0 Å². The average Bonchev–Trinajstić information content (AvgIpc) is 3.09. The molecule has 27 heavy (non-hydrogen) atoms. The van der Waals surface area contributed by atoms with Crippen LogP contribution in [-0.4, -0.2) is 42.1 Å². The van der Waals surface area contributed by atoms with E-state index in [2.05, 4.69) is 36.4 Å². The molecule has 7 nitrogen and oxygen atoms in total. The fraction of sp³-hybridized carbons (Fsp3) is 0.167. The van der Waals surface area contributed by atoms with Crippen molar-refractivity contribution in [3.05, 3.63) is 46.4 Å². The van der Waals surface area contributed by atoms with E-state index in [-0.39, 0.29) is 11.7 Å². The lowest BCUT2D eigenvalue weighted by atomic mass is 10.2. The largest absolute Gasteiger partial charge is 0.493 e. The smallest absolute Gasteiger partial charge is 0.250 e. The topological polar surface area (TPSA) is 88.6 Å². The van der Waals surface area contributed by atoms with E-state index in [1.807, 2.05) is 30.3 Å². The van der Waals surface area contributed by atoms with Gasteiger partial charge in [-0.05, 0) is 24.3 Å². The van der Waals surface area contributed by atoms with Crippen molar-refractivity contribution in [2.75, 3.05) is 20.0 Å². The van der Waals surface area contributed by atoms with Crippen LogP contribution in [0.3, 0.4) is 0 Å². The minimum Gasteiger partial charge on any atom is -0.493 e. The Morgan fingerprint density at radius 3 is 2.89 bits per heavy atom. The number of thioether (sulfide) groups is 1. The number of hydrogen-bond acceptors (Lipinski definition) is 6. The Bertz CT molecular complexity index is 957. The summed E-state index contributed by atoms with van der Waals surface area (Å²) in [5, 5.41) is 4.69. The molecule has 3 aromatic rings. The number of aromatic nitrogens is 2. The second-order valence-corrected chi connectivity index (χ2v) is 7.25. The summed E-state index contributed by atoms with van der Waals surface area (Å²) in [4.78, 5) is 19.6. The lowest BCUT2D eigenvalue weighted by Gasteiger charge is -2.10. The van der Waals surface area contributed by atoms with Gasteiger partial charge in [0.2, 0.25) is 0 Å². The predicted octanol–water partition coefficient (Wildman–Crippen LogP) is 3.59. The first-order valence-electron chi connectivity index (χ1n) is 7.91. The van der Waals surface area contributed by atoms with E-state index >= 15 is 0 Å². The molecule has 0 aliphatic rings. The van der Waals surface area contributed by atoms with Crippen LogP contribution >= 0.6 is 27.7 Å². The van der Waals surface area contributed by atoms with Crippen LogP contribution in [0.4, 0.5) is 0 Å². The first kappa shape index (κ1) is 19.2. The number of hydrazone groups is 1. The average molecular weight is 449 g/mol. The summed E-state index contributed by atoms with van der Waals surface area (Å²) < 4.78 is 11.4. The van der Waals surface area contributed by atoms with Crippen LogP contribution in [0.2, 0.25) is 0 Å². The molecule has 2 N–H and O–H groups in total. The van der Waals surface area contributed by atoms with Crippen molar-refractivity contribution in [3.63, 3.8) is 0 Å². The van der Waals surface area contributed by atoms with Crippen molar-refractivity contribution in [2.45, 2.75) is 5.16 Å². The number of amides is 1. The SMILES string of the molecule is COc1cc(Br)cc(/C=N\NC(=O)CSc2nc3ccccc3[nH]2)c1OC. The number of carbonyl (C=O) groups is 1. The van der Waals surface area contributed by atoms with Crippen molar-refractivity contribution in [2.24, 2.45) is 5.10 Å². The number of halogens is 1. The lowest BCUT2D eigenvalue weighted by Crippen LogP contribution is -2.19. The third-order valence-corrected chi connectivity index (χ3v) is 4.90. The zero-order chi connectivity index (χ0) is 19.2. The zero-order valence-electron chi connectivity index (χ0n) is 14.7. The number of nitrogens with zero attached hydrogens (tertiary/aromatic N) is 2. The third kappa shape index (κ3) is 4.81. The van der Waals surface area contributed by atoms with Gasteiger partial charge in [-0.3, -0.25) is 4.79 Å². The molecule has 1 heterocycles. The van der Waals surface area contributed by atoms with E-state index in [1.165, 1.54) is 18.0 Å². The third-order valence-electron chi connectivity index (χ3n) is 3.57. The molecule has 3 rings (SSSR count). The minimum atomic E-state index is -0.238. The summed E-state index contributed by atoms with van der Waals surface area (Å²) in [7, 11) is 3.11. The summed E-state index contributed by atoms with van der Waals surface area (Å²) >= 11 is 4.72. The second-order valence-electron chi connectivity index (χ2n) is 5.37. The monoisotopic (exact) mass is 448 g/mol. The van der Waals surface area contributed by atoms with Gasteiger partial charge in [0.05, 0.1) is 37.2 Å². The number of rotatable bonds is 7. The molecule has 0 saturated carbocycles. The number of carbonyl (C=O) groups excluding carboxylic acids is 1. The molecule has 0 aliphatic heterocycles. The van der Waals surface area contributed by atoms with Crippen molar-refractivity contribution in [1.29, 1.82) is 0 Å². The van der Waals surface area contributed by atoms with Gasteiger partial charge in [-0.1, -0.05) is 39.8 Å². The van der Waals surface area contributed by atoms with Gasteiger partial charge in [-0.25, -0.2) is 10.4 Å². The molecule has 140 valence electrons. The van der Waals surface area contributed by atoms with E-state index in [0.29, 0.717) is 22.2 Å². The standard InChI is InChI=1S/C18H17BrN4O3S/c1-25-15-8-12(19)7-11(17(15)26-2)9-20-23-16(24)10-27-18-21-13-5-3-4-6-14(13)22-18/h3-9H,10H2,1-2H3,(H,21,22)(H,23,24)/b20-9-. The van der Waals surface area contributed by atoms with Crippen molar-refractivity contribution >= 4 is 50.8 Å². The number of para-hydroxylation sites is 2. The van der Waals surface area contributed by atoms with Gasteiger partial charge in [0.25, 0.3) is 5.91 Å². The molecule has 9 heteroatoms. The molecular formula is C18H17BrN4O3S. The maximum atomic E-state index is 12.0. The number of ether oxygens (including phenoxy) is 2. The number of methoxy groups -OCH3 is 2. The van der Waals surface area contributed by atoms with E-state index < -0.39 is 0 Å². The second kappa shape index (κ2) is 8.92. The lowest BCUT2D eigenvalue weighted by molar-refractivity contribution is -0.118. The number of fused-ring (bicyclic) bond motifs is 1. The first-order valence-corrected chi connectivity index (χ1v) is 9.69. The molecule has 1 amide bonds. The Balaban J connectivity index is 1.59. The van der Waals surface area contributed by atoms with Crippen LogP contribution in [0.1, 0.15) is 5.56 Å². The van der Waals surface area contributed by atoms with Crippen molar-refractivity contribution < 1.29 is 14.3 Å². The highest BCUT2D eigenvalue weighted by atomic mass is 79.9. The molecule has 0 fully saturated rings. The molecule has 0 saturated heterocycles. The normalized spacial score (nSPS) is 11.1. The van der Waals surface area contributed by atoms with Crippen LogP contribution in [0.15, 0.2) is 51.1 Å². The molecule has 1 aromatic heterocycles. The summed E-state index contributed by atoms with van der Waals surface area (Å²) in [5.41, 5.74) is 4.98. The fourth-order valence-corrected chi connectivity index (χ4v) is 3.52. The molecule has 0 bridgehead atoms. The zero-order valence-corrected chi connectivity index (χ0v) is 17.1. The van der Waals surface area contributed by atoms with Gasteiger partial charge in [0.15, 0.2) is 16.7 Å². The number of hydrogen-bond donors (Lipinski definition) is 2. The summed E-state index contributed by atoms with van der Waals surface area (Å²) in [5.74, 6) is 1.06. The summed E-state index contributed by atoms with van der Waals surface area (Å²) in [6.45, 7) is 0. The number of benzene rings is 2. The van der Waals surface area contributed by atoms with Crippen LogP contribution in [0.25, 0.3) is 11.0 Å². The van der Waals surface area contributed by atoms with Gasteiger partial charge in [0.1, 0.15) is 0 Å². The van der Waals surface area contributed by atoms with Gasteiger partial charge in [-0.2, -0.15) is 5.10 Å². The Labute approximate surface area is 168 Å². The van der Waals surface area contributed by atoms with Crippen molar-refractivity contribution in [1.82, 2.24) is 15.4 Å². The molecule has 0 spiro atoms. The Morgan fingerprint density at radius 1 is 1.33 bits per heavy atom. The van der Waals surface area contributed by atoms with E-state index in [1.54, 1.807) is 20.3 Å². The van der Waals surface area contributed by atoms with Gasteiger partial charge in [-0.15, -0.1) is 0 Å². The number of H-pyrrole nitrogens is 1. The Kier molecular flexibility index (Phi) is 6.36. The molecule has 0 radical (unpaired) electrons. The molecule has 0 atom stereocenters. The maximum Gasteiger partial charge on any atom is 0.250 e. The van der Waals surface area contributed by atoms with E-state index in [4.69, 9.17) is 9.47 Å². The number of aromatic amines is 1. The molecule has 2 aromatic carbocycles. The molecular weight excluding hydrogens is 432 g/mol. The molecule has 0 unspecified atom stereocenters. The van der Waals surface area contributed by atoms with Crippen LogP contribution in [0.5, 0.6) is 11.5 Å². The Morgan fingerprint density at radius 2 is 2.15 bits per heavy atom. The van der Waals surface area contributed by atoms with Gasteiger partial charge in [0, 0.05) is 10.0 Å². The number of imidazole rings is 1. The summed E-state index contributed by atoms with van der Waals surface area (Å²) in [6.07, 6.45) is 1.51. The van der Waals surface area contributed by atoms with Gasteiger partial charge < -0.3 is 14.5 Å². The van der Waals surface area contributed by atoms with Crippen LogP contribution < -0.4 is 14.9 Å². The Hall–Kier alpha value is -2.52. The predicted molar refractivity (Wildman–Crippen MR) is 110 cm³/mol. The quantitative estimate of drug-likeness (QED) is 0.327. The van der Waals surface area contributed by atoms with Crippen LogP contribution in [-0.2, 0) is 4.79 Å². The van der Waals surface area contributed by atoms with Crippen LogP contribution in [0, 0.1) is 0 Å². The highest BCUT2D eigenvalue weighted by Crippen LogP contribution is 2.33.